The second-order valence-electron chi connectivity index (χ2n) is 7.27. The molecule has 0 radical (unpaired) electrons. The molecule has 0 saturated carbocycles. The molecule has 34 heavy (non-hydrogen) atoms. The molecule has 0 bridgehead atoms. The van der Waals surface area contributed by atoms with Crippen LogP contribution in [0.4, 0.5) is 23.0 Å². The molecular weight excluding hydrogens is 430 g/mol. The number of amides is 2. The Hall–Kier alpha value is -4.92. The van der Waals surface area contributed by atoms with Crippen LogP contribution in [0, 0.1) is 6.92 Å². The van der Waals surface area contributed by atoms with Gasteiger partial charge in [0, 0.05) is 46.8 Å². The molecule has 9 nitrogen and oxygen atoms in total. The molecule has 0 aliphatic heterocycles. The SMILES string of the molecule is C=CC(=O)Nc1ccc(C(=O)Nc2ccc(C)c(Nc3nccc(-c4cncnc4)n3)c2)cc1. The monoisotopic (exact) mass is 451 g/mol. The third kappa shape index (κ3) is 5.46. The van der Waals surface area contributed by atoms with Gasteiger partial charge in [-0.1, -0.05) is 12.6 Å². The number of aryl methyl sites for hydroxylation is 1. The summed E-state index contributed by atoms with van der Waals surface area (Å²) >= 11 is 0. The average molecular weight is 451 g/mol. The van der Waals surface area contributed by atoms with Crippen molar-refractivity contribution in [3.63, 3.8) is 0 Å². The normalized spacial score (nSPS) is 10.3. The molecule has 0 unspecified atom stereocenters. The highest BCUT2D eigenvalue weighted by Gasteiger charge is 2.10. The van der Waals surface area contributed by atoms with Crippen molar-refractivity contribution in [1.82, 2.24) is 19.9 Å². The van der Waals surface area contributed by atoms with Crippen molar-refractivity contribution >= 4 is 34.8 Å². The topological polar surface area (TPSA) is 122 Å². The molecule has 0 aliphatic rings. The van der Waals surface area contributed by atoms with E-state index in [9.17, 15) is 9.59 Å². The second-order valence-corrected chi connectivity index (χ2v) is 7.27. The first kappa shape index (κ1) is 22.3. The van der Waals surface area contributed by atoms with Gasteiger partial charge in [-0.05, 0) is 61.0 Å². The first-order chi connectivity index (χ1) is 16.5. The van der Waals surface area contributed by atoms with Crippen LogP contribution in [0.25, 0.3) is 11.3 Å². The van der Waals surface area contributed by atoms with Crippen LogP contribution in [-0.4, -0.2) is 31.8 Å². The van der Waals surface area contributed by atoms with E-state index in [2.05, 4.69) is 42.5 Å². The number of aromatic nitrogens is 4. The Morgan fingerprint density at radius 1 is 0.941 bits per heavy atom. The Morgan fingerprint density at radius 2 is 1.68 bits per heavy atom. The van der Waals surface area contributed by atoms with Crippen LogP contribution in [0.15, 0.2) is 86.1 Å². The van der Waals surface area contributed by atoms with E-state index in [-0.39, 0.29) is 11.8 Å². The van der Waals surface area contributed by atoms with E-state index in [4.69, 9.17) is 0 Å². The quantitative estimate of drug-likeness (QED) is 0.357. The summed E-state index contributed by atoms with van der Waals surface area (Å²) in [6.45, 7) is 5.36. The van der Waals surface area contributed by atoms with Crippen molar-refractivity contribution in [3.8, 4) is 11.3 Å². The second kappa shape index (κ2) is 10.1. The molecule has 2 amide bonds. The number of hydrogen-bond acceptors (Lipinski definition) is 7. The third-order valence-electron chi connectivity index (χ3n) is 4.85. The minimum absolute atomic E-state index is 0.279. The molecule has 0 spiro atoms. The molecule has 2 aromatic heterocycles. The summed E-state index contributed by atoms with van der Waals surface area (Å²) < 4.78 is 0. The predicted octanol–water partition coefficient (Wildman–Crippen LogP) is 4.36. The van der Waals surface area contributed by atoms with Crippen molar-refractivity contribution in [2.24, 2.45) is 0 Å². The zero-order chi connectivity index (χ0) is 23.9. The van der Waals surface area contributed by atoms with Crippen molar-refractivity contribution in [2.45, 2.75) is 6.92 Å². The maximum absolute atomic E-state index is 12.7. The summed E-state index contributed by atoms with van der Waals surface area (Å²) in [6, 6.07) is 13.9. The third-order valence-corrected chi connectivity index (χ3v) is 4.85. The molecule has 0 aliphatic carbocycles. The Morgan fingerprint density at radius 3 is 2.41 bits per heavy atom. The van der Waals surface area contributed by atoms with Crippen LogP contribution in [-0.2, 0) is 4.79 Å². The summed E-state index contributed by atoms with van der Waals surface area (Å²) in [5, 5.41) is 8.73. The molecule has 0 saturated heterocycles. The fourth-order valence-corrected chi connectivity index (χ4v) is 3.07. The lowest BCUT2D eigenvalue weighted by Gasteiger charge is -2.12. The van der Waals surface area contributed by atoms with Gasteiger partial charge in [0.25, 0.3) is 5.91 Å². The van der Waals surface area contributed by atoms with Crippen LogP contribution >= 0.6 is 0 Å². The van der Waals surface area contributed by atoms with Crippen molar-refractivity contribution in [2.75, 3.05) is 16.0 Å². The fourth-order valence-electron chi connectivity index (χ4n) is 3.07. The number of hydrogen-bond donors (Lipinski definition) is 3. The highest BCUT2D eigenvalue weighted by molar-refractivity contribution is 6.05. The smallest absolute Gasteiger partial charge is 0.255 e. The van der Waals surface area contributed by atoms with Gasteiger partial charge in [-0.15, -0.1) is 0 Å². The predicted molar refractivity (Wildman–Crippen MR) is 131 cm³/mol. The van der Waals surface area contributed by atoms with Gasteiger partial charge in [-0.2, -0.15) is 0 Å². The molecule has 0 atom stereocenters. The number of anilines is 4. The largest absolute Gasteiger partial charge is 0.324 e. The van der Waals surface area contributed by atoms with E-state index in [1.54, 1.807) is 48.9 Å². The zero-order valence-corrected chi connectivity index (χ0v) is 18.3. The summed E-state index contributed by atoms with van der Waals surface area (Å²) in [7, 11) is 0. The maximum atomic E-state index is 12.7. The van der Waals surface area contributed by atoms with E-state index >= 15 is 0 Å². The molecule has 4 rings (SSSR count). The summed E-state index contributed by atoms with van der Waals surface area (Å²) in [4.78, 5) is 40.9. The summed E-state index contributed by atoms with van der Waals surface area (Å²) in [6.07, 6.45) is 7.66. The highest BCUT2D eigenvalue weighted by Crippen LogP contribution is 2.24. The molecule has 3 N–H and O–H groups in total. The van der Waals surface area contributed by atoms with Gasteiger partial charge in [-0.25, -0.2) is 19.9 Å². The van der Waals surface area contributed by atoms with Crippen LogP contribution in [0.3, 0.4) is 0 Å². The van der Waals surface area contributed by atoms with Crippen LogP contribution in [0.1, 0.15) is 15.9 Å². The number of carbonyl (C=O) groups excluding carboxylic acids is 2. The van der Waals surface area contributed by atoms with E-state index in [0.717, 1.165) is 16.8 Å². The van der Waals surface area contributed by atoms with E-state index in [0.29, 0.717) is 28.6 Å². The van der Waals surface area contributed by atoms with Gasteiger partial charge in [0.05, 0.1) is 5.69 Å². The average Bonchev–Trinajstić information content (AvgIpc) is 2.87. The Bertz CT molecular complexity index is 1340. The number of benzene rings is 2. The molecule has 2 heterocycles. The van der Waals surface area contributed by atoms with E-state index in [1.165, 1.54) is 12.4 Å². The zero-order valence-electron chi connectivity index (χ0n) is 18.3. The fraction of sp³-hybridized carbons (Fsp3) is 0.0400. The Balaban J connectivity index is 1.48. The van der Waals surface area contributed by atoms with E-state index in [1.807, 2.05) is 25.1 Å². The number of rotatable bonds is 7. The maximum Gasteiger partial charge on any atom is 0.255 e. The highest BCUT2D eigenvalue weighted by atomic mass is 16.2. The molecule has 0 fully saturated rings. The molecule has 168 valence electrons. The lowest BCUT2D eigenvalue weighted by molar-refractivity contribution is -0.111. The van der Waals surface area contributed by atoms with Crippen LogP contribution in [0.5, 0.6) is 0 Å². The lowest BCUT2D eigenvalue weighted by atomic mass is 10.1. The Labute approximate surface area is 196 Å². The summed E-state index contributed by atoms with van der Waals surface area (Å²) in [5.41, 5.74) is 4.81. The van der Waals surface area contributed by atoms with Gasteiger partial charge in [0.2, 0.25) is 11.9 Å². The molecule has 4 aromatic rings. The number of carbonyl (C=O) groups is 2. The summed E-state index contributed by atoms with van der Waals surface area (Å²) in [5.74, 6) is -0.188. The van der Waals surface area contributed by atoms with Gasteiger partial charge in [0.15, 0.2) is 0 Å². The van der Waals surface area contributed by atoms with Gasteiger partial charge in [-0.3, -0.25) is 9.59 Å². The number of nitrogens with zero attached hydrogens (tertiary/aromatic N) is 4. The molecular formula is C25H21N7O2. The minimum atomic E-state index is -0.316. The van der Waals surface area contributed by atoms with Gasteiger partial charge in [0.1, 0.15) is 6.33 Å². The van der Waals surface area contributed by atoms with Crippen molar-refractivity contribution in [1.29, 1.82) is 0 Å². The standard InChI is InChI=1S/C25H21N7O2/c1-3-23(33)29-19-8-5-17(6-9-19)24(34)30-20-7-4-16(2)22(12-20)32-25-28-11-10-21(31-25)18-13-26-15-27-14-18/h3-15H,1H2,2H3,(H,29,33)(H,30,34)(H,28,31,32). The van der Waals surface area contributed by atoms with Crippen LogP contribution < -0.4 is 16.0 Å². The van der Waals surface area contributed by atoms with Gasteiger partial charge < -0.3 is 16.0 Å². The number of nitrogens with one attached hydrogen (secondary N) is 3. The Kier molecular flexibility index (Phi) is 6.64. The first-order valence-corrected chi connectivity index (χ1v) is 10.3. The van der Waals surface area contributed by atoms with E-state index < -0.39 is 0 Å². The molecule has 9 heteroatoms. The molecule has 2 aromatic carbocycles. The van der Waals surface area contributed by atoms with Crippen molar-refractivity contribution in [3.05, 3.63) is 97.2 Å². The lowest BCUT2D eigenvalue weighted by Crippen LogP contribution is -2.13. The first-order valence-electron chi connectivity index (χ1n) is 10.3. The van der Waals surface area contributed by atoms with Crippen molar-refractivity contribution < 1.29 is 9.59 Å². The van der Waals surface area contributed by atoms with Crippen LogP contribution in [0.2, 0.25) is 0 Å². The van der Waals surface area contributed by atoms with Gasteiger partial charge >= 0.3 is 0 Å². The minimum Gasteiger partial charge on any atom is -0.324 e.